The van der Waals surface area contributed by atoms with Crippen LogP contribution in [0.15, 0.2) is 48.5 Å². The van der Waals surface area contributed by atoms with Gasteiger partial charge < -0.3 is 14.9 Å². The zero-order valence-electron chi connectivity index (χ0n) is 8.82. The average Bonchev–Trinajstić information content (AvgIpc) is 2.29. The number of phenols is 1. The Hall–Kier alpha value is -1.61. The highest BCUT2D eigenvalue weighted by Crippen LogP contribution is 2.37. The summed E-state index contributed by atoms with van der Waals surface area (Å²) >= 11 is 0. The molecule has 2 rings (SSSR count). The predicted octanol–water partition coefficient (Wildman–Crippen LogP) is 1.86. The lowest BCUT2D eigenvalue weighted by molar-refractivity contribution is 0.387. The number of benzene rings is 2. The van der Waals surface area contributed by atoms with E-state index in [1.54, 1.807) is 30.3 Å². The smallest absolute Gasteiger partial charge is 0.356 e. The van der Waals surface area contributed by atoms with Crippen molar-refractivity contribution >= 4 is 12.9 Å². The van der Waals surface area contributed by atoms with E-state index in [-0.39, 0.29) is 11.1 Å². The number of rotatable bonds is 2. The van der Waals surface area contributed by atoms with Gasteiger partial charge in [0.05, 0.1) is 5.30 Å². The third-order valence-electron chi connectivity index (χ3n) is 2.40. The van der Waals surface area contributed by atoms with Crippen LogP contribution >= 0.6 is 7.60 Å². The molecule has 0 unspecified atom stereocenters. The van der Waals surface area contributed by atoms with Crippen LogP contribution in [0.2, 0.25) is 0 Å². The zero-order valence-corrected chi connectivity index (χ0v) is 9.71. The van der Waals surface area contributed by atoms with Crippen molar-refractivity contribution in [2.75, 3.05) is 0 Å². The number of aromatic hydroxyl groups is 1. The molecule has 0 spiro atoms. The first-order valence-electron chi connectivity index (χ1n) is 4.93. The van der Waals surface area contributed by atoms with Crippen LogP contribution in [-0.4, -0.2) is 14.9 Å². The van der Waals surface area contributed by atoms with E-state index in [1.165, 1.54) is 18.2 Å². The van der Waals surface area contributed by atoms with Crippen molar-refractivity contribution in [2.45, 2.75) is 0 Å². The van der Waals surface area contributed by atoms with Gasteiger partial charge in [-0.25, -0.2) is 0 Å². The van der Waals surface area contributed by atoms with Crippen LogP contribution < -0.4 is 5.30 Å². The molecular formula is C12H11O4P. The largest absolute Gasteiger partial charge is 0.508 e. The molecule has 0 saturated heterocycles. The molecule has 4 nitrogen and oxygen atoms in total. The van der Waals surface area contributed by atoms with Crippen LogP contribution in [0.4, 0.5) is 0 Å². The fraction of sp³-hybridized carbons (Fsp3) is 0. The van der Waals surface area contributed by atoms with Gasteiger partial charge in [-0.3, -0.25) is 4.57 Å². The molecule has 0 aliphatic heterocycles. The van der Waals surface area contributed by atoms with Gasteiger partial charge >= 0.3 is 7.60 Å². The average molecular weight is 250 g/mol. The van der Waals surface area contributed by atoms with E-state index in [0.29, 0.717) is 11.1 Å². The van der Waals surface area contributed by atoms with Crippen LogP contribution in [-0.2, 0) is 4.57 Å². The van der Waals surface area contributed by atoms with Gasteiger partial charge in [0.25, 0.3) is 0 Å². The highest BCUT2D eigenvalue weighted by Gasteiger charge is 2.21. The van der Waals surface area contributed by atoms with E-state index in [1.807, 2.05) is 0 Å². The zero-order chi connectivity index (χ0) is 12.5. The van der Waals surface area contributed by atoms with Gasteiger partial charge in [0.2, 0.25) is 0 Å². The van der Waals surface area contributed by atoms with Crippen molar-refractivity contribution in [1.82, 2.24) is 0 Å². The van der Waals surface area contributed by atoms with E-state index in [0.717, 1.165) is 0 Å². The van der Waals surface area contributed by atoms with Crippen molar-refractivity contribution in [3.8, 4) is 16.9 Å². The first kappa shape index (κ1) is 11.9. The van der Waals surface area contributed by atoms with E-state index < -0.39 is 7.60 Å². The molecular weight excluding hydrogens is 239 g/mol. The maximum atomic E-state index is 11.3. The molecule has 88 valence electrons. The van der Waals surface area contributed by atoms with Gasteiger partial charge in [0, 0.05) is 0 Å². The first-order valence-corrected chi connectivity index (χ1v) is 6.54. The fourth-order valence-corrected chi connectivity index (χ4v) is 2.41. The van der Waals surface area contributed by atoms with Crippen LogP contribution in [0.3, 0.4) is 0 Å². The molecule has 2 aromatic rings. The van der Waals surface area contributed by atoms with E-state index >= 15 is 0 Å². The van der Waals surface area contributed by atoms with Crippen LogP contribution in [0.25, 0.3) is 11.1 Å². The lowest BCUT2D eigenvalue weighted by atomic mass is 10.1. The molecule has 2 aromatic carbocycles. The van der Waals surface area contributed by atoms with Gasteiger partial charge in [-0.2, -0.15) is 0 Å². The second kappa shape index (κ2) is 4.34. The maximum Gasteiger partial charge on any atom is 0.356 e. The SMILES string of the molecule is O=P(O)(O)c1ccccc1-c1ccc(O)cc1. The monoisotopic (exact) mass is 250 g/mol. The molecule has 0 aromatic heterocycles. The van der Waals surface area contributed by atoms with Crippen molar-refractivity contribution in [2.24, 2.45) is 0 Å². The lowest BCUT2D eigenvalue weighted by Gasteiger charge is -2.10. The summed E-state index contributed by atoms with van der Waals surface area (Å²) in [6.07, 6.45) is 0. The lowest BCUT2D eigenvalue weighted by Crippen LogP contribution is -2.07. The second-order valence-corrected chi connectivity index (χ2v) is 5.18. The van der Waals surface area contributed by atoms with Gasteiger partial charge in [-0.1, -0.05) is 30.3 Å². The Morgan fingerprint density at radius 3 is 2.06 bits per heavy atom. The van der Waals surface area contributed by atoms with E-state index in [9.17, 15) is 19.5 Å². The first-order chi connectivity index (χ1) is 7.98. The summed E-state index contributed by atoms with van der Waals surface area (Å²) in [5.41, 5.74) is 1.13. The van der Waals surface area contributed by atoms with Gasteiger partial charge in [-0.05, 0) is 29.3 Å². The Balaban J connectivity index is 2.60. The minimum absolute atomic E-state index is 0.00862. The maximum absolute atomic E-state index is 11.3. The summed E-state index contributed by atoms with van der Waals surface area (Å²) in [7, 11) is -4.30. The molecule has 5 heteroatoms. The summed E-state index contributed by atoms with van der Waals surface area (Å²) < 4.78 is 11.3. The molecule has 0 fully saturated rings. The molecule has 3 N–H and O–H groups in total. The highest BCUT2D eigenvalue weighted by atomic mass is 31.2. The number of hydrogen-bond acceptors (Lipinski definition) is 2. The van der Waals surface area contributed by atoms with Gasteiger partial charge in [0.1, 0.15) is 5.75 Å². The quantitative estimate of drug-likeness (QED) is 0.711. The molecule has 0 aliphatic rings. The Bertz CT molecular complexity index is 571. The highest BCUT2D eigenvalue weighted by molar-refractivity contribution is 7.60. The van der Waals surface area contributed by atoms with Crippen molar-refractivity contribution in [3.63, 3.8) is 0 Å². The molecule has 0 amide bonds. The Kier molecular flexibility index (Phi) is 3.03. The Labute approximate surface area is 98.3 Å². The van der Waals surface area contributed by atoms with Crippen LogP contribution in [0, 0.1) is 0 Å². The molecule has 0 radical (unpaired) electrons. The molecule has 0 aliphatic carbocycles. The summed E-state index contributed by atoms with van der Waals surface area (Å²) in [6.45, 7) is 0. The normalized spacial score (nSPS) is 11.4. The molecule has 0 heterocycles. The van der Waals surface area contributed by atoms with Crippen LogP contribution in [0.5, 0.6) is 5.75 Å². The summed E-state index contributed by atoms with van der Waals surface area (Å²) in [5, 5.41) is 9.17. The minimum atomic E-state index is -4.30. The van der Waals surface area contributed by atoms with Gasteiger partial charge in [0.15, 0.2) is 0 Å². The molecule has 0 bridgehead atoms. The Morgan fingerprint density at radius 2 is 1.47 bits per heavy atom. The fourth-order valence-electron chi connectivity index (χ4n) is 1.61. The number of phenolic OH excluding ortho intramolecular Hbond substituents is 1. The summed E-state index contributed by atoms with van der Waals surface area (Å²) in [5.74, 6) is 0.113. The van der Waals surface area contributed by atoms with E-state index in [4.69, 9.17) is 0 Å². The van der Waals surface area contributed by atoms with E-state index in [2.05, 4.69) is 0 Å². The summed E-state index contributed by atoms with van der Waals surface area (Å²) in [6, 6.07) is 12.5. The standard InChI is InChI=1S/C12H11O4P/c13-10-7-5-9(6-8-10)11-3-1-2-4-12(11)17(14,15)16/h1-8,13H,(H2,14,15,16). The predicted molar refractivity (Wildman–Crippen MR) is 65.2 cm³/mol. The van der Waals surface area contributed by atoms with Crippen molar-refractivity contribution in [1.29, 1.82) is 0 Å². The minimum Gasteiger partial charge on any atom is -0.508 e. The third kappa shape index (κ3) is 2.56. The van der Waals surface area contributed by atoms with Crippen molar-refractivity contribution < 1.29 is 19.5 Å². The molecule has 0 atom stereocenters. The molecule has 17 heavy (non-hydrogen) atoms. The topological polar surface area (TPSA) is 77.8 Å². The van der Waals surface area contributed by atoms with Crippen molar-refractivity contribution in [3.05, 3.63) is 48.5 Å². The summed E-state index contributed by atoms with van der Waals surface area (Å²) in [4.78, 5) is 18.5. The second-order valence-electron chi connectivity index (χ2n) is 3.61. The van der Waals surface area contributed by atoms with Gasteiger partial charge in [-0.15, -0.1) is 0 Å². The Morgan fingerprint density at radius 1 is 0.882 bits per heavy atom. The number of hydrogen-bond donors (Lipinski definition) is 3. The molecule has 0 saturated carbocycles. The van der Waals surface area contributed by atoms with Crippen LogP contribution in [0.1, 0.15) is 0 Å². The third-order valence-corrected chi connectivity index (χ3v) is 3.41.